The van der Waals surface area contributed by atoms with Crippen molar-refractivity contribution in [2.75, 3.05) is 20.0 Å². The molecular weight excluding hydrogens is 294 g/mol. The standard InChI is InChI=1S/C9H12ClN5O3S/c1-2-13-5-18-6-14(9(13)12-15(16)17)4-7-3-11-8(10)19-7/h3H,2,4-6H2,1H3. The minimum Gasteiger partial charge on any atom is -0.341 e. The third-order valence-electron chi connectivity index (χ3n) is 2.48. The molecule has 2 rings (SSSR count). The van der Waals surface area contributed by atoms with Gasteiger partial charge in [-0.05, 0) is 6.92 Å². The highest BCUT2D eigenvalue weighted by atomic mass is 35.5. The number of halogens is 1. The second-order valence-electron chi connectivity index (χ2n) is 3.73. The number of ether oxygens (including phenoxy) is 1. The minimum absolute atomic E-state index is 0.249. The van der Waals surface area contributed by atoms with Crippen LogP contribution in [0.5, 0.6) is 0 Å². The summed E-state index contributed by atoms with van der Waals surface area (Å²) in [4.78, 5) is 18.8. The Kier molecular flexibility index (Phi) is 4.51. The molecule has 1 aromatic heterocycles. The van der Waals surface area contributed by atoms with Crippen molar-refractivity contribution >= 4 is 28.9 Å². The summed E-state index contributed by atoms with van der Waals surface area (Å²) < 4.78 is 5.81. The largest absolute Gasteiger partial charge is 0.341 e. The second kappa shape index (κ2) is 6.13. The van der Waals surface area contributed by atoms with Gasteiger partial charge >= 0.3 is 0 Å². The SMILES string of the molecule is CCN1COCN(Cc2cnc(Cl)s2)C1=N[N+](=O)[O-]. The van der Waals surface area contributed by atoms with Crippen LogP contribution in [-0.2, 0) is 11.3 Å². The maximum Gasteiger partial charge on any atom is 0.277 e. The highest BCUT2D eigenvalue weighted by molar-refractivity contribution is 7.15. The number of hydrogen-bond acceptors (Lipinski definition) is 5. The molecule has 8 nitrogen and oxygen atoms in total. The van der Waals surface area contributed by atoms with Crippen LogP contribution in [0, 0.1) is 10.1 Å². The van der Waals surface area contributed by atoms with E-state index in [0.29, 0.717) is 30.2 Å². The van der Waals surface area contributed by atoms with Crippen LogP contribution in [0.25, 0.3) is 0 Å². The van der Waals surface area contributed by atoms with E-state index in [1.807, 2.05) is 6.92 Å². The number of nitro groups is 1. The van der Waals surface area contributed by atoms with E-state index >= 15 is 0 Å². The molecule has 0 bridgehead atoms. The molecule has 1 fully saturated rings. The van der Waals surface area contributed by atoms with Crippen molar-refractivity contribution in [2.45, 2.75) is 13.5 Å². The van der Waals surface area contributed by atoms with Gasteiger partial charge in [-0.3, -0.25) is 0 Å². The number of nitrogens with zero attached hydrogens (tertiary/aromatic N) is 5. The molecule has 0 saturated carbocycles. The van der Waals surface area contributed by atoms with Gasteiger partial charge in [-0.25, -0.2) is 15.1 Å². The molecule has 0 amide bonds. The summed E-state index contributed by atoms with van der Waals surface area (Å²) in [6, 6.07) is 0. The number of hydrogen-bond donors (Lipinski definition) is 0. The Morgan fingerprint density at radius 2 is 2.37 bits per heavy atom. The van der Waals surface area contributed by atoms with E-state index in [2.05, 4.69) is 10.1 Å². The van der Waals surface area contributed by atoms with Crippen LogP contribution in [0.3, 0.4) is 0 Å². The summed E-state index contributed by atoms with van der Waals surface area (Å²) in [7, 11) is 0. The fourth-order valence-electron chi connectivity index (χ4n) is 1.67. The summed E-state index contributed by atoms with van der Waals surface area (Å²) in [6.45, 7) is 3.42. The highest BCUT2D eigenvalue weighted by Gasteiger charge is 2.27. The molecule has 0 N–H and O–H groups in total. The lowest BCUT2D eigenvalue weighted by atomic mass is 10.4. The van der Waals surface area contributed by atoms with Gasteiger partial charge in [0.1, 0.15) is 18.6 Å². The van der Waals surface area contributed by atoms with Crippen LogP contribution in [0.4, 0.5) is 0 Å². The minimum atomic E-state index is -0.698. The lowest BCUT2D eigenvalue weighted by Gasteiger charge is -2.35. The van der Waals surface area contributed by atoms with Gasteiger partial charge in [0.25, 0.3) is 5.96 Å². The van der Waals surface area contributed by atoms with Crippen molar-refractivity contribution in [3.8, 4) is 0 Å². The summed E-state index contributed by atoms with van der Waals surface area (Å²) in [5, 5.41) is 13.4. The van der Waals surface area contributed by atoms with Gasteiger partial charge < -0.3 is 14.5 Å². The van der Waals surface area contributed by atoms with Gasteiger partial charge in [0, 0.05) is 17.6 Å². The van der Waals surface area contributed by atoms with Crippen LogP contribution in [0.15, 0.2) is 11.3 Å². The normalized spacial score (nSPS) is 18.1. The van der Waals surface area contributed by atoms with Crippen molar-refractivity contribution in [1.82, 2.24) is 14.8 Å². The quantitative estimate of drug-likeness (QED) is 0.618. The molecule has 0 spiro atoms. The average molecular weight is 306 g/mol. The maximum atomic E-state index is 10.6. The molecule has 0 aliphatic carbocycles. The first kappa shape index (κ1) is 14.0. The van der Waals surface area contributed by atoms with E-state index in [-0.39, 0.29) is 6.73 Å². The molecule has 0 radical (unpaired) electrons. The first-order valence-corrected chi connectivity index (χ1v) is 6.70. The van der Waals surface area contributed by atoms with Gasteiger partial charge in [-0.15, -0.1) is 11.3 Å². The second-order valence-corrected chi connectivity index (χ2v) is 5.43. The average Bonchev–Trinajstić information content (AvgIpc) is 2.76. The Balaban J connectivity index is 2.18. The number of hydrazone groups is 1. The zero-order valence-electron chi connectivity index (χ0n) is 10.2. The van der Waals surface area contributed by atoms with Crippen molar-refractivity contribution in [3.05, 3.63) is 25.7 Å². The number of thiazole rings is 1. The molecule has 2 heterocycles. The predicted octanol–water partition coefficient (Wildman–Crippen LogP) is 1.41. The smallest absolute Gasteiger partial charge is 0.277 e. The first-order valence-electron chi connectivity index (χ1n) is 5.51. The molecule has 0 atom stereocenters. The zero-order chi connectivity index (χ0) is 13.8. The number of rotatable bonds is 4. The Morgan fingerprint density at radius 1 is 1.63 bits per heavy atom. The topological polar surface area (TPSA) is 84.1 Å². The predicted molar refractivity (Wildman–Crippen MR) is 70.3 cm³/mol. The maximum absolute atomic E-state index is 10.6. The van der Waals surface area contributed by atoms with Gasteiger partial charge in [0.05, 0.1) is 6.54 Å². The molecule has 0 aromatic carbocycles. The van der Waals surface area contributed by atoms with Crippen LogP contribution in [-0.4, -0.2) is 45.8 Å². The van der Waals surface area contributed by atoms with E-state index in [4.69, 9.17) is 16.3 Å². The lowest BCUT2D eigenvalue weighted by molar-refractivity contribution is -0.486. The summed E-state index contributed by atoms with van der Waals surface area (Å²) in [5.41, 5.74) is 0. The van der Waals surface area contributed by atoms with E-state index in [9.17, 15) is 10.1 Å². The van der Waals surface area contributed by atoms with Gasteiger partial charge in [-0.1, -0.05) is 11.6 Å². The summed E-state index contributed by atoms with van der Waals surface area (Å²) in [5.74, 6) is 0.295. The number of aromatic nitrogens is 1. The van der Waals surface area contributed by atoms with Crippen molar-refractivity contribution in [1.29, 1.82) is 0 Å². The van der Waals surface area contributed by atoms with E-state index in [0.717, 1.165) is 4.88 Å². The van der Waals surface area contributed by atoms with Gasteiger partial charge in [0.15, 0.2) is 9.50 Å². The van der Waals surface area contributed by atoms with E-state index in [1.165, 1.54) is 11.3 Å². The van der Waals surface area contributed by atoms with Crippen LogP contribution >= 0.6 is 22.9 Å². The molecule has 1 aromatic rings. The van der Waals surface area contributed by atoms with Crippen LogP contribution < -0.4 is 0 Å². The van der Waals surface area contributed by atoms with Crippen molar-refractivity contribution < 1.29 is 9.77 Å². The lowest BCUT2D eigenvalue weighted by Crippen LogP contribution is -2.51. The van der Waals surface area contributed by atoms with Crippen LogP contribution in [0.1, 0.15) is 11.8 Å². The Bertz CT molecular complexity index is 494. The highest BCUT2D eigenvalue weighted by Crippen LogP contribution is 2.21. The molecule has 10 heteroatoms. The Hall–Kier alpha value is -1.45. The van der Waals surface area contributed by atoms with Crippen LogP contribution in [0.2, 0.25) is 4.47 Å². The molecule has 104 valence electrons. The molecule has 1 aliphatic heterocycles. The van der Waals surface area contributed by atoms with Gasteiger partial charge in [-0.2, -0.15) is 0 Å². The van der Waals surface area contributed by atoms with Gasteiger partial charge in [0.2, 0.25) is 0 Å². The van der Waals surface area contributed by atoms with Crippen molar-refractivity contribution in [2.24, 2.45) is 5.10 Å². The molecule has 1 saturated heterocycles. The van der Waals surface area contributed by atoms with E-state index < -0.39 is 5.03 Å². The third kappa shape index (κ3) is 3.52. The van der Waals surface area contributed by atoms with Crippen molar-refractivity contribution in [3.63, 3.8) is 0 Å². The molecule has 1 aliphatic rings. The molecule has 0 unspecified atom stereocenters. The molecule has 19 heavy (non-hydrogen) atoms. The molecular formula is C9H12ClN5O3S. The van der Waals surface area contributed by atoms with E-state index in [1.54, 1.807) is 16.0 Å². The number of guanidine groups is 1. The fourth-order valence-corrected chi connectivity index (χ4v) is 2.66. The summed E-state index contributed by atoms with van der Waals surface area (Å²) >= 11 is 7.09. The first-order chi connectivity index (χ1) is 9.10. The zero-order valence-corrected chi connectivity index (χ0v) is 11.7. The summed E-state index contributed by atoms with van der Waals surface area (Å²) in [6.07, 6.45) is 1.64. The Labute approximate surface area is 118 Å². The monoisotopic (exact) mass is 305 g/mol. The fraction of sp³-hybridized carbons (Fsp3) is 0.556. The third-order valence-corrected chi connectivity index (χ3v) is 3.58. The Morgan fingerprint density at radius 3 is 2.95 bits per heavy atom.